The summed E-state index contributed by atoms with van der Waals surface area (Å²) in [7, 11) is 0. The van der Waals surface area contributed by atoms with Gasteiger partial charge in [-0.05, 0) is 53.2 Å². The topological polar surface area (TPSA) is 64.6 Å². The Morgan fingerprint density at radius 3 is 2.18 bits per heavy atom. The van der Waals surface area contributed by atoms with Crippen molar-refractivity contribution < 1.29 is 32.2 Å². The van der Waals surface area contributed by atoms with E-state index in [0.29, 0.717) is 29.2 Å². The van der Waals surface area contributed by atoms with Crippen LogP contribution in [0.4, 0.5) is 18.0 Å². The number of hydrogen-bond acceptors (Lipinski definition) is 5. The maximum atomic E-state index is 12.8. The van der Waals surface area contributed by atoms with Crippen molar-refractivity contribution in [1.29, 1.82) is 0 Å². The van der Waals surface area contributed by atoms with Gasteiger partial charge in [-0.1, -0.05) is 42.5 Å². The summed E-state index contributed by atoms with van der Waals surface area (Å²) in [5, 5.41) is 1.72. The molecule has 1 N–H and O–H groups in total. The molecule has 3 aromatic rings. The quantitative estimate of drug-likeness (QED) is 0.405. The Labute approximate surface area is 197 Å². The van der Waals surface area contributed by atoms with Crippen LogP contribution in [0, 0.1) is 0 Å². The smallest absolute Gasteiger partial charge is 0.416 e. The van der Waals surface area contributed by atoms with Gasteiger partial charge < -0.3 is 9.47 Å². The molecule has 1 saturated heterocycles. The fraction of sp³-hybridized carbons (Fsp3) is 0.120. The Morgan fingerprint density at radius 1 is 0.853 bits per heavy atom. The number of benzene rings is 3. The number of ether oxygens (including phenoxy) is 2. The predicted molar refractivity (Wildman–Crippen MR) is 122 cm³/mol. The van der Waals surface area contributed by atoms with Gasteiger partial charge in [0.15, 0.2) is 0 Å². The van der Waals surface area contributed by atoms with E-state index in [9.17, 15) is 22.8 Å². The number of carbonyl (C=O) groups is 2. The average molecular weight is 485 g/mol. The zero-order valence-corrected chi connectivity index (χ0v) is 18.4. The number of nitrogens with one attached hydrogen (secondary N) is 1. The zero-order valence-electron chi connectivity index (χ0n) is 17.6. The number of alkyl halides is 3. The van der Waals surface area contributed by atoms with Gasteiger partial charge in [-0.25, -0.2) is 0 Å². The molecule has 34 heavy (non-hydrogen) atoms. The molecule has 4 rings (SSSR count). The molecule has 0 bridgehead atoms. The van der Waals surface area contributed by atoms with Crippen LogP contribution in [0.5, 0.6) is 11.5 Å². The highest BCUT2D eigenvalue weighted by Gasteiger charge is 2.30. The van der Waals surface area contributed by atoms with Crippen LogP contribution in [-0.4, -0.2) is 11.1 Å². The van der Waals surface area contributed by atoms with Crippen molar-refractivity contribution in [3.8, 4) is 11.5 Å². The second kappa shape index (κ2) is 10.0. The molecular weight excluding hydrogens is 467 g/mol. The van der Waals surface area contributed by atoms with E-state index < -0.39 is 22.9 Å². The van der Waals surface area contributed by atoms with Gasteiger partial charge in [0.2, 0.25) is 0 Å². The molecule has 0 unspecified atom stereocenters. The van der Waals surface area contributed by atoms with E-state index in [2.05, 4.69) is 5.32 Å². The van der Waals surface area contributed by atoms with E-state index in [1.807, 2.05) is 30.3 Å². The molecule has 174 valence electrons. The highest BCUT2D eigenvalue weighted by Crippen LogP contribution is 2.33. The second-order valence-corrected chi connectivity index (χ2v) is 8.32. The van der Waals surface area contributed by atoms with Crippen molar-refractivity contribution >= 4 is 29.0 Å². The molecule has 9 heteroatoms. The third-order valence-electron chi connectivity index (χ3n) is 4.84. The summed E-state index contributed by atoms with van der Waals surface area (Å²) in [5.74, 6) is 0.354. The molecule has 1 heterocycles. The normalized spacial score (nSPS) is 14.9. The lowest BCUT2D eigenvalue weighted by molar-refractivity contribution is -0.137. The molecule has 0 atom stereocenters. The number of hydrogen-bond donors (Lipinski definition) is 1. The molecule has 0 aromatic heterocycles. The van der Waals surface area contributed by atoms with Crippen LogP contribution in [0.15, 0.2) is 77.7 Å². The van der Waals surface area contributed by atoms with Crippen molar-refractivity contribution in [2.45, 2.75) is 19.4 Å². The summed E-state index contributed by atoms with van der Waals surface area (Å²) in [6.07, 6.45) is -2.89. The molecule has 1 aliphatic rings. The van der Waals surface area contributed by atoms with E-state index in [4.69, 9.17) is 9.47 Å². The maximum Gasteiger partial charge on any atom is 0.416 e. The molecule has 0 aliphatic carbocycles. The summed E-state index contributed by atoms with van der Waals surface area (Å²) in [4.78, 5) is 23.6. The van der Waals surface area contributed by atoms with Gasteiger partial charge in [-0.2, -0.15) is 13.2 Å². The van der Waals surface area contributed by atoms with E-state index in [1.165, 1.54) is 18.2 Å². The number of halogens is 3. The molecule has 3 aromatic carbocycles. The molecule has 0 radical (unpaired) electrons. The first-order valence-corrected chi connectivity index (χ1v) is 10.9. The number of amides is 2. The fourth-order valence-corrected chi connectivity index (χ4v) is 3.78. The second-order valence-electron chi connectivity index (χ2n) is 7.31. The molecule has 0 saturated carbocycles. The van der Waals surface area contributed by atoms with E-state index >= 15 is 0 Å². The van der Waals surface area contributed by atoms with Gasteiger partial charge in [0.05, 0.1) is 10.5 Å². The van der Waals surface area contributed by atoms with Crippen molar-refractivity contribution in [2.24, 2.45) is 0 Å². The minimum atomic E-state index is -4.42. The summed E-state index contributed by atoms with van der Waals surface area (Å²) >= 11 is 0.775. The summed E-state index contributed by atoms with van der Waals surface area (Å²) in [5.41, 5.74) is 1.28. The summed E-state index contributed by atoms with van der Waals surface area (Å²) < 4.78 is 50.1. The standard InChI is InChI=1S/C25H18F3NO4S/c26-25(27,28)19-9-6-17(7-10-19)15-33-21-13-20(32-14-16-4-2-1-3-5-16)11-8-18(21)12-22-23(30)29-24(31)34-22/h1-13H,14-15H2,(H,29,30,31)/b22-12-. The Kier molecular flexibility index (Phi) is 6.93. The number of carbonyl (C=O) groups excluding carboxylic acids is 2. The van der Waals surface area contributed by atoms with E-state index in [0.717, 1.165) is 29.5 Å². The minimum absolute atomic E-state index is 0.00524. The summed E-state index contributed by atoms with van der Waals surface area (Å²) in [6, 6.07) is 19.3. The van der Waals surface area contributed by atoms with Crippen LogP contribution >= 0.6 is 11.8 Å². The number of imide groups is 1. The van der Waals surface area contributed by atoms with Gasteiger partial charge in [0, 0.05) is 11.6 Å². The lowest BCUT2D eigenvalue weighted by Crippen LogP contribution is -2.17. The van der Waals surface area contributed by atoms with Crippen LogP contribution in [0.1, 0.15) is 22.3 Å². The Balaban J connectivity index is 1.55. The SMILES string of the molecule is O=C1NC(=O)/C(=C/c2ccc(OCc3ccccc3)cc2OCc2ccc(C(F)(F)F)cc2)S1. The molecule has 0 spiro atoms. The monoisotopic (exact) mass is 485 g/mol. The first kappa shape index (κ1) is 23.4. The third kappa shape index (κ3) is 5.99. The van der Waals surface area contributed by atoms with Crippen LogP contribution in [0.3, 0.4) is 0 Å². The van der Waals surface area contributed by atoms with Crippen molar-refractivity contribution in [2.75, 3.05) is 0 Å². The van der Waals surface area contributed by atoms with Crippen LogP contribution in [0.2, 0.25) is 0 Å². The van der Waals surface area contributed by atoms with Crippen molar-refractivity contribution in [1.82, 2.24) is 5.32 Å². The molecule has 2 amide bonds. The lowest BCUT2D eigenvalue weighted by Gasteiger charge is -2.13. The molecular formula is C25H18F3NO4S. The number of thioether (sulfide) groups is 1. The fourth-order valence-electron chi connectivity index (χ4n) is 3.10. The minimum Gasteiger partial charge on any atom is -0.489 e. The Bertz CT molecular complexity index is 1230. The Hall–Kier alpha value is -3.72. The van der Waals surface area contributed by atoms with Gasteiger partial charge in [-0.3, -0.25) is 14.9 Å². The van der Waals surface area contributed by atoms with E-state index in [1.54, 1.807) is 18.2 Å². The first-order valence-electron chi connectivity index (χ1n) is 10.1. The largest absolute Gasteiger partial charge is 0.489 e. The maximum absolute atomic E-state index is 12.8. The lowest BCUT2D eigenvalue weighted by atomic mass is 10.1. The summed E-state index contributed by atoms with van der Waals surface area (Å²) in [6.45, 7) is 0.321. The highest BCUT2D eigenvalue weighted by atomic mass is 32.2. The molecule has 1 aliphatic heterocycles. The van der Waals surface area contributed by atoms with Crippen molar-refractivity contribution in [3.05, 3.63) is 100.0 Å². The highest BCUT2D eigenvalue weighted by molar-refractivity contribution is 8.18. The van der Waals surface area contributed by atoms with Crippen LogP contribution < -0.4 is 14.8 Å². The van der Waals surface area contributed by atoms with Crippen LogP contribution in [-0.2, 0) is 24.2 Å². The number of rotatable bonds is 7. The molecule has 1 fully saturated rings. The predicted octanol–water partition coefficient (Wildman–Crippen LogP) is 6.19. The third-order valence-corrected chi connectivity index (χ3v) is 5.65. The average Bonchev–Trinajstić information content (AvgIpc) is 3.14. The van der Waals surface area contributed by atoms with E-state index in [-0.39, 0.29) is 11.5 Å². The zero-order chi connectivity index (χ0) is 24.1. The van der Waals surface area contributed by atoms with Gasteiger partial charge in [0.25, 0.3) is 11.1 Å². The van der Waals surface area contributed by atoms with Crippen molar-refractivity contribution in [3.63, 3.8) is 0 Å². The van der Waals surface area contributed by atoms with Gasteiger partial charge >= 0.3 is 6.18 Å². The Morgan fingerprint density at radius 2 is 1.53 bits per heavy atom. The molecule has 5 nitrogen and oxygen atoms in total. The van der Waals surface area contributed by atoms with Gasteiger partial charge in [-0.15, -0.1) is 0 Å². The van der Waals surface area contributed by atoms with Gasteiger partial charge in [0.1, 0.15) is 24.7 Å². The van der Waals surface area contributed by atoms with Crippen LogP contribution in [0.25, 0.3) is 6.08 Å². The first-order chi connectivity index (χ1) is 16.3.